The number of likely N-dealkylation sites (tertiary alicyclic amines) is 1. The minimum atomic E-state index is -0.322. The molecule has 1 amide bonds. The van der Waals surface area contributed by atoms with E-state index in [1.807, 2.05) is 11.6 Å². The number of benzene rings is 1. The van der Waals surface area contributed by atoms with Crippen LogP contribution in [0.2, 0.25) is 0 Å². The number of hydrogen-bond acceptors (Lipinski definition) is 5. The highest BCUT2D eigenvalue weighted by Crippen LogP contribution is 2.26. The summed E-state index contributed by atoms with van der Waals surface area (Å²) in [4.78, 5) is 14.4. The van der Waals surface area contributed by atoms with E-state index in [0.717, 1.165) is 31.8 Å². The van der Waals surface area contributed by atoms with Gasteiger partial charge in [-0.2, -0.15) is 0 Å². The number of halogens is 1. The van der Waals surface area contributed by atoms with Crippen LogP contribution in [0.3, 0.4) is 0 Å². The smallest absolute Gasteiger partial charge is 0.225 e. The number of aliphatic hydroxyl groups is 1. The van der Waals surface area contributed by atoms with Crippen molar-refractivity contribution in [3.63, 3.8) is 0 Å². The Labute approximate surface area is 158 Å². The average Bonchev–Trinajstić information content (AvgIpc) is 3.04. The van der Waals surface area contributed by atoms with Crippen LogP contribution in [0.1, 0.15) is 42.4 Å². The normalized spacial score (nSPS) is 17.9. The molecule has 0 spiro atoms. The number of nitrogens with zero attached hydrogens (tertiary/aromatic N) is 4. The number of hydrogen-bond donors (Lipinski definition) is 2. The van der Waals surface area contributed by atoms with Gasteiger partial charge in [0.1, 0.15) is 18.2 Å². The van der Waals surface area contributed by atoms with Crippen LogP contribution in [0.4, 0.5) is 10.1 Å². The Morgan fingerprint density at radius 3 is 2.93 bits per heavy atom. The number of nitrogens with one attached hydrogen (secondary N) is 1. The standard InChI is InChI=1S/C19H26FN5O2/c1-13-5-6-15(10-16(13)20)21-18(27)7-9-25-8-3-4-14(11-25)19-23-22-17(12-26)24(19)2/h5-6,10,14,26H,3-4,7-9,11-12H2,1-2H3,(H,21,27)/t14-/m1/s1. The van der Waals surface area contributed by atoms with Crippen molar-refractivity contribution in [2.75, 3.05) is 25.0 Å². The first kappa shape index (κ1) is 19.4. The van der Waals surface area contributed by atoms with Crippen molar-refractivity contribution in [1.82, 2.24) is 19.7 Å². The minimum Gasteiger partial charge on any atom is -0.388 e. The van der Waals surface area contributed by atoms with Crippen LogP contribution >= 0.6 is 0 Å². The van der Waals surface area contributed by atoms with E-state index >= 15 is 0 Å². The van der Waals surface area contributed by atoms with Crippen LogP contribution < -0.4 is 5.32 Å². The lowest BCUT2D eigenvalue weighted by Crippen LogP contribution is -2.37. The van der Waals surface area contributed by atoms with E-state index in [0.29, 0.717) is 30.0 Å². The van der Waals surface area contributed by atoms with Gasteiger partial charge in [-0.25, -0.2) is 4.39 Å². The fraction of sp³-hybridized carbons (Fsp3) is 0.526. The predicted molar refractivity (Wildman–Crippen MR) is 99.7 cm³/mol. The number of carbonyl (C=O) groups excluding carboxylic acids is 1. The Hall–Kier alpha value is -2.32. The molecule has 1 aromatic carbocycles. The molecule has 1 aromatic heterocycles. The summed E-state index contributed by atoms with van der Waals surface area (Å²) in [5, 5.41) is 20.3. The zero-order valence-corrected chi connectivity index (χ0v) is 15.8. The lowest BCUT2D eigenvalue weighted by atomic mass is 9.97. The lowest BCUT2D eigenvalue weighted by Gasteiger charge is -2.32. The minimum absolute atomic E-state index is 0.124. The molecular formula is C19H26FN5O2. The second-order valence-electron chi connectivity index (χ2n) is 7.09. The van der Waals surface area contributed by atoms with Gasteiger partial charge < -0.3 is 19.9 Å². The molecule has 0 bridgehead atoms. The fourth-order valence-corrected chi connectivity index (χ4v) is 3.49. The Bertz CT molecular complexity index is 807. The van der Waals surface area contributed by atoms with E-state index in [4.69, 9.17) is 0 Å². The predicted octanol–water partition coefficient (Wildman–Crippen LogP) is 1.96. The highest BCUT2D eigenvalue weighted by molar-refractivity contribution is 5.90. The quantitative estimate of drug-likeness (QED) is 0.807. The number of carbonyl (C=O) groups is 1. The van der Waals surface area contributed by atoms with Gasteiger partial charge in [-0.15, -0.1) is 10.2 Å². The molecule has 3 rings (SSSR count). The third-order valence-electron chi connectivity index (χ3n) is 5.12. The second-order valence-corrected chi connectivity index (χ2v) is 7.09. The van der Waals surface area contributed by atoms with Gasteiger partial charge in [-0.3, -0.25) is 4.79 Å². The number of piperidine rings is 1. The van der Waals surface area contributed by atoms with Gasteiger partial charge in [0.15, 0.2) is 5.82 Å². The molecule has 0 aliphatic carbocycles. The summed E-state index contributed by atoms with van der Waals surface area (Å²) in [7, 11) is 1.87. The Morgan fingerprint density at radius 2 is 2.22 bits per heavy atom. The third-order valence-corrected chi connectivity index (χ3v) is 5.12. The molecule has 0 unspecified atom stereocenters. The first-order valence-corrected chi connectivity index (χ1v) is 9.25. The Morgan fingerprint density at radius 1 is 1.41 bits per heavy atom. The summed E-state index contributed by atoms with van der Waals surface area (Å²) in [6, 6.07) is 4.71. The molecule has 1 saturated heterocycles. The number of aliphatic hydroxyl groups excluding tert-OH is 1. The maximum atomic E-state index is 13.6. The number of amides is 1. The number of anilines is 1. The first-order chi connectivity index (χ1) is 13.0. The van der Waals surface area contributed by atoms with Gasteiger partial charge in [0.2, 0.25) is 5.91 Å². The number of rotatable bonds is 6. The summed E-state index contributed by atoms with van der Waals surface area (Å²) in [6.07, 6.45) is 2.39. The van der Waals surface area contributed by atoms with Gasteiger partial charge in [0.05, 0.1) is 0 Å². The van der Waals surface area contributed by atoms with Crippen LogP contribution in [-0.2, 0) is 18.4 Å². The van der Waals surface area contributed by atoms with Gasteiger partial charge in [0, 0.05) is 38.2 Å². The molecule has 0 radical (unpaired) electrons. The Balaban J connectivity index is 1.52. The molecule has 0 saturated carbocycles. The highest BCUT2D eigenvalue weighted by atomic mass is 19.1. The molecule has 1 aliphatic rings. The molecule has 7 nitrogen and oxygen atoms in total. The highest BCUT2D eigenvalue weighted by Gasteiger charge is 2.26. The molecule has 27 heavy (non-hydrogen) atoms. The second kappa shape index (κ2) is 8.58. The Kier molecular flexibility index (Phi) is 6.18. The van der Waals surface area contributed by atoms with E-state index in [1.54, 1.807) is 19.1 Å². The van der Waals surface area contributed by atoms with E-state index in [2.05, 4.69) is 20.4 Å². The zero-order chi connectivity index (χ0) is 19.4. The molecule has 146 valence electrons. The summed E-state index contributed by atoms with van der Waals surface area (Å²) in [5.74, 6) is 1.24. The lowest BCUT2D eigenvalue weighted by molar-refractivity contribution is -0.116. The average molecular weight is 375 g/mol. The van der Waals surface area contributed by atoms with Crippen molar-refractivity contribution in [2.45, 2.75) is 38.7 Å². The van der Waals surface area contributed by atoms with Crippen molar-refractivity contribution in [3.8, 4) is 0 Å². The number of aromatic nitrogens is 3. The first-order valence-electron chi connectivity index (χ1n) is 9.25. The molecule has 2 aromatic rings. The molecule has 1 fully saturated rings. The van der Waals surface area contributed by atoms with Crippen LogP contribution in [-0.4, -0.2) is 50.3 Å². The maximum absolute atomic E-state index is 13.6. The maximum Gasteiger partial charge on any atom is 0.225 e. The fourth-order valence-electron chi connectivity index (χ4n) is 3.49. The summed E-state index contributed by atoms with van der Waals surface area (Å²) < 4.78 is 15.4. The molecule has 1 aliphatic heterocycles. The van der Waals surface area contributed by atoms with E-state index in [9.17, 15) is 14.3 Å². The molecule has 2 heterocycles. The summed E-state index contributed by atoms with van der Waals surface area (Å²) >= 11 is 0. The van der Waals surface area contributed by atoms with Gasteiger partial charge in [-0.1, -0.05) is 6.07 Å². The molecule has 8 heteroatoms. The van der Waals surface area contributed by atoms with Crippen molar-refractivity contribution in [3.05, 3.63) is 41.2 Å². The zero-order valence-electron chi connectivity index (χ0n) is 15.8. The van der Waals surface area contributed by atoms with E-state index in [-0.39, 0.29) is 24.2 Å². The summed E-state index contributed by atoms with van der Waals surface area (Å²) in [6.45, 7) is 3.95. The largest absolute Gasteiger partial charge is 0.388 e. The van der Waals surface area contributed by atoms with E-state index < -0.39 is 0 Å². The molecular weight excluding hydrogens is 349 g/mol. The van der Waals surface area contributed by atoms with Crippen LogP contribution in [0, 0.1) is 12.7 Å². The van der Waals surface area contributed by atoms with E-state index in [1.165, 1.54) is 6.07 Å². The SMILES string of the molecule is Cc1ccc(NC(=O)CCN2CCC[C@@H](c3nnc(CO)n3C)C2)cc1F. The molecule has 1 atom stereocenters. The van der Waals surface area contributed by atoms with Crippen molar-refractivity contribution >= 4 is 11.6 Å². The monoisotopic (exact) mass is 375 g/mol. The number of aryl methyl sites for hydroxylation is 1. The van der Waals surface area contributed by atoms with Gasteiger partial charge >= 0.3 is 0 Å². The van der Waals surface area contributed by atoms with Crippen LogP contribution in [0.25, 0.3) is 0 Å². The van der Waals surface area contributed by atoms with Crippen LogP contribution in [0.15, 0.2) is 18.2 Å². The van der Waals surface area contributed by atoms with Crippen LogP contribution in [0.5, 0.6) is 0 Å². The van der Waals surface area contributed by atoms with Crippen molar-refractivity contribution in [2.24, 2.45) is 7.05 Å². The summed E-state index contributed by atoms with van der Waals surface area (Å²) in [5.41, 5.74) is 1.04. The van der Waals surface area contributed by atoms with Gasteiger partial charge in [-0.05, 0) is 44.0 Å². The van der Waals surface area contributed by atoms with Crippen molar-refractivity contribution < 1.29 is 14.3 Å². The van der Waals surface area contributed by atoms with Gasteiger partial charge in [0.25, 0.3) is 0 Å². The van der Waals surface area contributed by atoms with Crippen molar-refractivity contribution in [1.29, 1.82) is 0 Å². The molecule has 2 N–H and O–H groups in total. The third kappa shape index (κ3) is 4.70. The topological polar surface area (TPSA) is 83.3 Å².